The van der Waals surface area contributed by atoms with Crippen molar-refractivity contribution in [3.8, 4) is 10.6 Å². The highest BCUT2D eigenvalue weighted by molar-refractivity contribution is 7.13. The summed E-state index contributed by atoms with van der Waals surface area (Å²) < 4.78 is 15.7. The highest BCUT2D eigenvalue weighted by atomic mass is 32.1. The molecule has 0 N–H and O–H groups in total. The third kappa shape index (κ3) is 5.12. The Morgan fingerprint density at radius 2 is 1.97 bits per heavy atom. The lowest BCUT2D eigenvalue weighted by Crippen LogP contribution is -2.36. The van der Waals surface area contributed by atoms with E-state index < -0.39 is 0 Å². The van der Waals surface area contributed by atoms with Crippen LogP contribution in [0.5, 0.6) is 0 Å². The van der Waals surface area contributed by atoms with E-state index in [-0.39, 0.29) is 17.8 Å². The Labute approximate surface area is 197 Å². The van der Waals surface area contributed by atoms with Gasteiger partial charge in [0, 0.05) is 25.7 Å². The lowest BCUT2D eigenvalue weighted by molar-refractivity contribution is 0.0733. The van der Waals surface area contributed by atoms with Crippen molar-refractivity contribution in [1.82, 2.24) is 24.6 Å². The van der Waals surface area contributed by atoms with Crippen LogP contribution < -0.4 is 0 Å². The first-order chi connectivity index (χ1) is 15.8. The van der Waals surface area contributed by atoms with Gasteiger partial charge in [-0.3, -0.25) is 4.79 Å². The second kappa shape index (κ2) is 9.80. The molecule has 0 aliphatic rings. The third-order valence-electron chi connectivity index (χ3n) is 5.43. The Morgan fingerprint density at radius 3 is 2.64 bits per heavy atom. The molecule has 1 amide bonds. The highest BCUT2D eigenvalue weighted by Crippen LogP contribution is 2.30. The van der Waals surface area contributed by atoms with Gasteiger partial charge in [-0.15, -0.1) is 11.3 Å². The van der Waals surface area contributed by atoms with E-state index in [1.54, 1.807) is 28.5 Å². The average molecular weight is 466 g/mol. The summed E-state index contributed by atoms with van der Waals surface area (Å²) in [4.78, 5) is 23.6. The molecule has 8 heteroatoms. The number of halogens is 1. The van der Waals surface area contributed by atoms with Crippen molar-refractivity contribution in [2.75, 3.05) is 27.2 Å². The number of rotatable bonds is 8. The van der Waals surface area contributed by atoms with E-state index in [9.17, 15) is 9.18 Å². The minimum absolute atomic E-state index is 0.105. The molecule has 0 fully saturated rings. The Kier molecular flexibility index (Phi) is 6.85. The van der Waals surface area contributed by atoms with Crippen LogP contribution in [0.3, 0.4) is 0 Å². The summed E-state index contributed by atoms with van der Waals surface area (Å²) in [5, 5.41) is 7.24. The molecule has 6 nitrogen and oxygen atoms in total. The molecule has 0 bridgehead atoms. The predicted octanol–water partition coefficient (Wildman–Crippen LogP) is 5.08. The van der Waals surface area contributed by atoms with Gasteiger partial charge in [0.1, 0.15) is 5.82 Å². The van der Waals surface area contributed by atoms with Gasteiger partial charge in [0.2, 0.25) is 0 Å². The molecule has 0 aliphatic heterocycles. The van der Waals surface area contributed by atoms with Gasteiger partial charge in [-0.05, 0) is 63.2 Å². The number of fused-ring (bicyclic) bond motifs is 1. The monoisotopic (exact) mass is 465 g/mol. The zero-order valence-corrected chi connectivity index (χ0v) is 20.1. The molecule has 4 rings (SSSR count). The Balaban J connectivity index is 1.80. The SMILES string of the molecule is CC(C)n1ncc2c(C(=O)N(CCN(C)C)Cc3cccc(F)c3)cc(-c3cccs3)nc21. The molecule has 0 unspecified atom stereocenters. The lowest BCUT2D eigenvalue weighted by atomic mass is 10.1. The minimum Gasteiger partial charge on any atom is -0.333 e. The quantitative estimate of drug-likeness (QED) is 0.364. The number of aromatic nitrogens is 3. The molecule has 0 atom stereocenters. The summed E-state index contributed by atoms with van der Waals surface area (Å²) in [5.74, 6) is -0.424. The number of amides is 1. The summed E-state index contributed by atoms with van der Waals surface area (Å²) in [5.41, 5.74) is 2.76. The minimum atomic E-state index is -0.308. The van der Waals surface area contributed by atoms with Gasteiger partial charge >= 0.3 is 0 Å². The van der Waals surface area contributed by atoms with Crippen LogP contribution in [0, 0.1) is 5.82 Å². The smallest absolute Gasteiger partial charge is 0.255 e. The van der Waals surface area contributed by atoms with Gasteiger partial charge in [-0.1, -0.05) is 18.2 Å². The zero-order chi connectivity index (χ0) is 23.5. The van der Waals surface area contributed by atoms with Gasteiger partial charge in [0.05, 0.1) is 27.7 Å². The van der Waals surface area contributed by atoms with Crippen LogP contribution in [-0.4, -0.2) is 57.7 Å². The predicted molar refractivity (Wildman–Crippen MR) is 131 cm³/mol. The maximum absolute atomic E-state index is 13.9. The number of benzene rings is 1. The number of hydrogen-bond acceptors (Lipinski definition) is 5. The van der Waals surface area contributed by atoms with E-state index in [4.69, 9.17) is 4.98 Å². The molecule has 0 saturated carbocycles. The van der Waals surface area contributed by atoms with Crippen LogP contribution in [0.1, 0.15) is 35.8 Å². The first kappa shape index (κ1) is 23.1. The van der Waals surface area contributed by atoms with E-state index in [1.165, 1.54) is 12.1 Å². The van der Waals surface area contributed by atoms with Gasteiger partial charge in [-0.25, -0.2) is 14.1 Å². The van der Waals surface area contributed by atoms with E-state index in [2.05, 4.69) is 5.10 Å². The summed E-state index contributed by atoms with van der Waals surface area (Å²) in [6.07, 6.45) is 1.72. The zero-order valence-electron chi connectivity index (χ0n) is 19.3. The number of hydrogen-bond donors (Lipinski definition) is 0. The fourth-order valence-corrected chi connectivity index (χ4v) is 4.41. The number of carbonyl (C=O) groups is 1. The number of pyridine rings is 1. The molecule has 0 radical (unpaired) electrons. The number of thiophene rings is 1. The lowest BCUT2D eigenvalue weighted by Gasteiger charge is -2.25. The summed E-state index contributed by atoms with van der Waals surface area (Å²) in [6, 6.07) is 12.3. The maximum atomic E-state index is 13.9. The Hall–Kier alpha value is -3.10. The van der Waals surface area contributed by atoms with Crippen molar-refractivity contribution in [2.24, 2.45) is 0 Å². The van der Waals surface area contributed by atoms with Crippen molar-refractivity contribution < 1.29 is 9.18 Å². The molecular formula is C25H28FN5OS. The molecule has 0 spiro atoms. The van der Waals surface area contributed by atoms with Crippen molar-refractivity contribution >= 4 is 28.3 Å². The maximum Gasteiger partial charge on any atom is 0.255 e. The average Bonchev–Trinajstić information content (AvgIpc) is 3.45. The van der Waals surface area contributed by atoms with Crippen LogP contribution in [-0.2, 0) is 6.54 Å². The third-order valence-corrected chi connectivity index (χ3v) is 6.32. The van der Waals surface area contributed by atoms with Crippen molar-refractivity contribution in [1.29, 1.82) is 0 Å². The largest absolute Gasteiger partial charge is 0.333 e. The molecule has 0 saturated heterocycles. The van der Waals surface area contributed by atoms with Crippen molar-refractivity contribution in [2.45, 2.75) is 26.4 Å². The van der Waals surface area contributed by atoms with Crippen LogP contribution in [0.15, 0.2) is 54.0 Å². The van der Waals surface area contributed by atoms with Crippen LogP contribution >= 0.6 is 11.3 Å². The first-order valence-corrected chi connectivity index (χ1v) is 11.8. The molecule has 0 aliphatic carbocycles. The summed E-state index contributed by atoms with van der Waals surface area (Å²) in [7, 11) is 3.94. The van der Waals surface area contributed by atoms with Crippen LogP contribution in [0.4, 0.5) is 4.39 Å². The molecule has 1 aromatic carbocycles. The van der Waals surface area contributed by atoms with Gasteiger partial charge in [0.15, 0.2) is 5.65 Å². The van der Waals surface area contributed by atoms with Crippen molar-refractivity contribution in [3.05, 3.63) is 71.0 Å². The summed E-state index contributed by atoms with van der Waals surface area (Å²) in [6.45, 7) is 5.61. The molecule has 172 valence electrons. The van der Waals surface area contributed by atoms with E-state index >= 15 is 0 Å². The van der Waals surface area contributed by atoms with Crippen LogP contribution in [0.25, 0.3) is 21.6 Å². The molecular weight excluding hydrogens is 437 g/mol. The number of carbonyl (C=O) groups excluding carboxylic acids is 1. The second-order valence-electron chi connectivity index (χ2n) is 8.61. The highest BCUT2D eigenvalue weighted by Gasteiger charge is 2.23. The standard InChI is InChI=1S/C25H28FN5OS/c1-17(2)31-24-21(15-27-31)20(14-22(28-24)23-9-6-12-33-23)25(32)30(11-10-29(3)4)16-18-7-5-8-19(26)13-18/h5-9,12-15,17H,10-11,16H2,1-4H3. The van der Waals surface area contributed by atoms with Gasteiger partial charge in [0.25, 0.3) is 5.91 Å². The normalized spacial score (nSPS) is 11.6. The van der Waals surface area contributed by atoms with Gasteiger partial charge in [-0.2, -0.15) is 5.10 Å². The fraction of sp³-hybridized carbons (Fsp3) is 0.320. The fourth-order valence-electron chi connectivity index (χ4n) is 3.72. The van der Waals surface area contributed by atoms with E-state index in [0.717, 1.165) is 21.5 Å². The van der Waals surface area contributed by atoms with Crippen LogP contribution in [0.2, 0.25) is 0 Å². The Morgan fingerprint density at radius 1 is 1.15 bits per heavy atom. The topological polar surface area (TPSA) is 54.3 Å². The second-order valence-corrected chi connectivity index (χ2v) is 9.56. The molecule has 3 heterocycles. The first-order valence-electron chi connectivity index (χ1n) is 10.9. The Bertz CT molecular complexity index is 1250. The number of nitrogens with zero attached hydrogens (tertiary/aromatic N) is 5. The van der Waals surface area contributed by atoms with E-state index in [0.29, 0.717) is 30.8 Å². The molecule has 33 heavy (non-hydrogen) atoms. The van der Waals surface area contributed by atoms with Crippen molar-refractivity contribution in [3.63, 3.8) is 0 Å². The molecule has 4 aromatic rings. The summed E-state index contributed by atoms with van der Waals surface area (Å²) >= 11 is 1.58. The number of likely N-dealkylation sites (N-methyl/N-ethyl adjacent to an activating group) is 1. The molecule has 3 aromatic heterocycles. The van der Waals surface area contributed by atoms with Gasteiger partial charge < -0.3 is 9.80 Å². The van der Waals surface area contributed by atoms with E-state index in [1.807, 2.05) is 67.2 Å².